The van der Waals surface area contributed by atoms with Crippen molar-refractivity contribution in [2.75, 3.05) is 7.05 Å². The number of halogens is 1. The summed E-state index contributed by atoms with van der Waals surface area (Å²) < 4.78 is 3.20. The van der Waals surface area contributed by atoms with Crippen molar-refractivity contribution in [3.05, 3.63) is 40.8 Å². The molecule has 84 valence electrons. The Morgan fingerprint density at radius 2 is 2.00 bits per heavy atom. The Bertz CT molecular complexity index is 474. The monoisotopic (exact) mass is 279 g/mol. The van der Waals surface area contributed by atoms with Gasteiger partial charge in [-0.1, -0.05) is 28.1 Å². The summed E-state index contributed by atoms with van der Waals surface area (Å²) in [5.74, 6) is 1.04. The van der Waals surface area contributed by atoms with E-state index in [4.69, 9.17) is 0 Å². The topological polar surface area (TPSA) is 29.9 Å². The first-order chi connectivity index (χ1) is 7.72. The highest BCUT2D eigenvalue weighted by molar-refractivity contribution is 9.10. The second-order valence-corrected chi connectivity index (χ2v) is 4.57. The normalized spacial score (nSPS) is 10.7. The molecule has 0 saturated heterocycles. The minimum absolute atomic E-state index is 0.785. The SMILES string of the molecule is CNCc1ncc(-c2ccc(Br)cc2)n1C. The fourth-order valence-electron chi connectivity index (χ4n) is 1.66. The van der Waals surface area contributed by atoms with E-state index in [0.29, 0.717) is 0 Å². The minimum Gasteiger partial charge on any atom is -0.330 e. The van der Waals surface area contributed by atoms with Crippen LogP contribution in [0.25, 0.3) is 11.3 Å². The van der Waals surface area contributed by atoms with Crippen LogP contribution in [0.15, 0.2) is 34.9 Å². The zero-order chi connectivity index (χ0) is 11.5. The molecule has 2 rings (SSSR count). The number of nitrogens with one attached hydrogen (secondary N) is 1. The first kappa shape index (κ1) is 11.4. The Hall–Kier alpha value is -1.13. The molecule has 1 N–H and O–H groups in total. The molecule has 2 aromatic rings. The highest BCUT2D eigenvalue weighted by Gasteiger charge is 2.07. The van der Waals surface area contributed by atoms with Crippen molar-refractivity contribution in [1.82, 2.24) is 14.9 Å². The summed E-state index contributed by atoms with van der Waals surface area (Å²) in [4.78, 5) is 4.39. The molecular formula is C12H14BrN3. The minimum atomic E-state index is 0.785. The molecule has 4 heteroatoms. The number of hydrogen-bond acceptors (Lipinski definition) is 2. The van der Waals surface area contributed by atoms with E-state index in [-0.39, 0.29) is 0 Å². The number of rotatable bonds is 3. The Morgan fingerprint density at radius 3 is 2.62 bits per heavy atom. The molecule has 1 aromatic heterocycles. The highest BCUT2D eigenvalue weighted by Crippen LogP contribution is 2.21. The van der Waals surface area contributed by atoms with Gasteiger partial charge in [0.2, 0.25) is 0 Å². The molecule has 0 aliphatic carbocycles. The maximum atomic E-state index is 4.39. The average molecular weight is 280 g/mol. The van der Waals surface area contributed by atoms with Gasteiger partial charge in [0.25, 0.3) is 0 Å². The highest BCUT2D eigenvalue weighted by atomic mass is 79.9. The van der Waals surface area contributed by atoms with Crippen LogP contribution in [0, 0.1) is 0 Å². The van der Waals surface area contributed by atoms with Crippen LogP contribution in [-0.2, 0) is 13.6 Å². The lowest BCUT2D eigenvalue weighted by molar-refractivity contribution is 0.712. The van der Waals surface area contributed by atoms with Crippen molar-refractivity contribution in [3.8, 4) is 11.3 Å². The van der Waals surface area contributed by atoms with Crippen LogP contribution in [0.3, 0.4) is 0 Å². The number of benzene rings is 1. The van der Waals surface area contributed by atoms with Crippen LogP contribution < -0.4 is 5.32 Å². The Balaban J connectivity index is 2.37. The van der Waals surface area contributed by atoms with E-state index in [1.165, 1.54) is 5.56 Å². The zero-order valence-corrected chi connectivity index (χ0v) is 11.0. The van der Waals surface area contributed by atoms with Crippen molar-refractivity contribution >= 4 is 15.9 Å². The van der Waals surface area contributed by atoms with Crippen molar-refractivity contribution in [2.24, 2.45) is 7.05 Å². The van der Waals surface area contributed by atoms with Crippen molar-refractivity contribution in [2.45, 2.75) is 6.54 Å². The van der Waals surface area contributed by atoms with Crippen molar-refractivity contribution < 1.29 is 0 Å². The first-order valence-electron chi connectivity index (χ1n) is 5.13. The van der Waals surface area contributed by atoms with E-state index in [1.54, 1.807) is 0 Å². The Kier molecular flexibility index (Phi) is 3.41. The predicted molar refractivity (Wildman–Crippen MR) is 69.1 cm³/mol. The Morgan fingerprint density at radius 1 is 1.31 bits per heavy atom. The molecule has 1 aromatic carbocycles. The summed E-state index contributed by atoms with van der Waals surface area (Å²) >= 11 is 3.43. The molecule has 0 fully saturated rings. The molecule has 0 saturated carbocycles. The zero-order valence-electron chi connectivity index (χ0n) is 9.37. The van der Waals surface area contributed by atoms with Gasteiger partial charge in [0.15, 0.2) is 0 Å². The summed E-state index contributed by atoms with van der Waals surface area (Å²) in [7, 11) is 3.96. The molecule has 0 atom stereocenters. The lowest BCUT2D eigenvalue weighted by Gasteiger charge is -2.05. The molecule has 3 nitrogen and oxygen atoms in total. The van der Waals surface area contributed by atoms with Gasteiger partial charge in [-0.2, -0.15) is 0 Å². The quantitative estimate of drug-likeness (QED) is 0.936. The Labute approximate surface area is 104 Å². The van der Waals surface area contributed by atoms with E-state index < -0.39 is 0 Å². The summed E-state index contributed by atoms with van der Waals surface area (Å²) in [5.41, 5.74) is 2.32. The van der Waals surface area contributed by atoms with E-state index >= 15 is 0 Å². The van der Waals surface area contributed by atoms with E-state index in [2.05, 4.69) is 42.9 Å². The smallest absolute Gasteiger partial charge is 0.122 e. The largest absolute Gasteiger partial charge is 0.330 e. The van der Waals surface area contributed by atoms with Gasteiger partial charge in [-0.3, -0.25) is 0 Å². The molecule has 0 aliphatic heterocycles. The van der Waals surface area contributed by atoms with Crippen molar-refractivity contribution in [3.63, 3.8) is 0 Å². The summed E-state index contributed by atoms with van der Waals surface area (Å²) in [6.45, 7) is 0.785. The molecular weight excluding hydrogens is 266 g/mol. The van der Waals surface area contributed by atoms with Gasteiger partial charge in [-0.25, -0.2) is 4.98 Å². The molecule has 0 radical (unpaired) electrons. The molecule has 0 bridgehead atoms. The van der Waals surface area contributed by atoms with Crippen molar-refractivity contribution in [1.29, 1.82) is 0 Å². The van der Waals surface area contributed by atoms with Gasteiger partial charge in [0.1, 0.15) is 5.82 Å². The molecule has 0 amide bonds. The summed E-state index contributed by atoms with van der Waals surface area (Å²) in [6.07, 6.45) is 1.91. The van der Waals surface area contributed by atoms with Crippen LogP contribution in [0.1, 0.15) is 5.82 Å². The fraction of sp³-hybridized carbons (Fsp3) is 0.250. The van der Waals surface area contributed by atoms with E-state index in [9.17, 15) is 0 Å². The third-order valence-corrected chi connectivity index (χ3v) is 3.09. The fourth-order valence-corrected chi connectivity index (χ4v) is 1.92. The summed E-state index contributed by atoms with van der Waals surface area (Å²) in [5, 5.41) is 3.11. The second kappa shape index (κ2) is 4.80. The standard InChI is InChI=1S/C12H14BrN3/c1-14-8-12-15-7-11(16(12)2)9-3-5-10(13)6-4-9/h3-7,14H,8H2,1-2H3. The van der Waals surface area contributed by atoms with Crippen LogP contribution >= 0.6 is 15.9 Å². The van der Waals surface area contributed by atoms with Gasteiger partial charge in [0, 0.05) is 11.5 Å². The lowest BCUT2D eigenvalue weighted by atomic mass is 10.2. The third kappa shape index (κ3) is 2.18. The second-order valence-electron chi connectivity index (χ2n) is 3.66. The van der Waals surface area contributed by atoms with Crippen LogP contribution in [-0.4, -0.2) is 16.6 Å². The van der Waals surface area contributed by atoms with Crippen LogP contribution in [0.2, 0.25) is 0 Å². The van der Waals surface area contributed by atoms with Crippen LogP contribution in [0.4, 0.5) is 0 Å². The van der Waals surface area contributed by atoms with Gasteiger partial charge in [0.05, 0.1) is 18.4 Å². The van der Waals surface area contributed by atoms with Crippen LogP contribution in [0.5, 0.6) is 0 Å². The van der Waals surface area contributed by atoms with Gasteiger partial charge < -0.3 is 9.88 Å². The number of hydrogen-bond donors (Lipinski definition) is 1. The third-order valence-electron chi connectivity index (χ3n) is 2.56. The summed E-state index contributed by atoms with van der Waals surface area (Å²) in [6, 6.07) is 8.26. The maximum absolute atomic E-state index is 4.39. The number of aromatic nitrogens is 2. The molecule has 1 heterocycles. The molecule has 0 aliphatic rings. The maximum Gasteiger partial charge on any atom is 0.122 e. The first-order valence-corrected chi connectivity index (χ1v) is 5.93. The van der Waals surface area contributed by atoms with Gasteiger partial charge >= 0.3 is 0 Å². The lowest BCUT2D eigenvalue weighted by Crippen LogP contribution is -2.10. The average Bonchev–Trinajstić information content (AvgIpc) is 2.63. The van der Waals surface area contributed by atoms with E-state index in [1.807, 2.05) is 32.4 Å². The molecule has 0 unspecified atom stereocenters. The molecule has 0 spiro atoms. The van der Waals surface area contributed by atoms with Gasteiger partial charge in [-0.15, -0.1) is 0 Å². The van der Waals surface area contributed by atoms with Gasteiger partial charge in [-0.05, 0) is 24.7 Å². The van der Waals surface area contributed by atoms with E-state index in [0.717, 1.165) is 22.5 Å². The number of imidazole rings is 1. The molecule has 16 heavy (non-hydrogen) atoms. The predicted octanol–water partition coefficient (Wildman–Crippen LogP) is 2.57. The number of nitrogens with zero attached hydrogens (tertiary/aromatic N) is 2.